The van der Waals surface area contributed by atoms with E-state index in [-0.39, 0.29) is 16.2 Å². The van der Waals surface area contributed by atoms with Crippen LogP contribution in [0.1, 0.15) is 76.3 Å². The van der Waals surface area contributed by atoms with Crippen molar-refractivity contribution < 1.29 is 8.83 Å². The first-order chi connectivity index (χ1) is 29.4. The van der Waals surface area contributed by atoms with Gasteiger partial charge in [0.25, 0.3) is 0 Å². The fraction of sp³-hybridized carbons (Fsp3) is 0.172. The number of nitrogens with zero attached hydrogens (tertiary/aromatic N) is 1. The van der Waals surface area contributed by atoms with E-state index in [4.69, 9.17) is 8.83 Å². The van der Waals surface area contributed by atoms with Crippen molar-refractivity contribution in [2.45, 2.75) is 64.7 Å². The highest BCUT2D eigenvalue weighted by molar-refractivity contribution is 6.10. The summed E-state index contributed by atoms with van der Waals surface area (Å²) < 4.78 is 13.2. The number of furan rings is 2. The lowest BCUT2D eigenvalue weighted by Crippen LogP contribution is -2.17. The fourth-order valence-corrected chi connectivity index (χ4v) is 10.7. The van der Waals surface area contributed by atoms with Crippen molar-refractivity contribution >= 4 is 60.9 Å². The van der Waals surface area contributed by atoms with Crippen molar-refractivity contribution in [2.24, 2.45) is 0 Å². The number of hydrogen-bond acceptors (Lipinski definition) is 3. The number of hydrogen-bond donors (Lipinski definition) is 0. The Balaban J connectivity index is 1.02. The second-order valence-corrected chi connectivity index (χ2v) is 19.4. The van der Waals surface area contributed by atoms with E-state index in [1.165, 1.54) is 60.8 Å². The van der Waals surface area contributed by atoms with Crippen molar-refractivity contribution in [3.05, 3.63) is 186 Å². The molecule has 0 saturated heterocycles. The summed E-state index contributed by atoms with van der Waals surface area (Å²) in [7, 11) is 0. The maximum Gasteiger partial charge on any atom is 0.143 e. The Kier molecular flexibility index (Phi) is 7.31. The SMILES string of the molecule is CC(C)(C)c1ccc2c(c1)oc1cc3c(cc12)C(C)(C)c1ccc(N(c2ccc(-c4cccc5c4oc4ccccc45)cc2)c2ccc4c(c2)C(C)(C)c2ccccc2-4)cc1-3. The Morgan fingerprint density at radius 1 is 0.393 bits per heavy atom. The molecule has 3 heteroatoms. The van der Waals surface area contributed by atoms with Crippen LogP contribution >= 0.6 is 0 Å². The van der Waals surface area contributed by atoms with Gasteiger partial charge in [0.2, 0.25) is 0 Å². The minimum Gasteiger partial charge on any atom is -0.456 e. The van der Waals surface area contributed by atoms with Crippen LogP contribution < -0.4 is 4.90 Å². The summed E-state index contributed by atoms with van der Waals surface area (Å²) in [6.45, 7) is 16.2. The molecule has 8 aromatic carbocycles. The van der Waals surface area contributed by atoms with Crippen molar-refractivity contribution in [2.75, 3.05) is 4.90 Å². The van der Waals surface area contributed by atoms with Crippen LogP contribution in [-0.4, -0.2) is 0 Å². The second kappa shape index (κ2) is 12.4. The van der Waals surface area contributed by atoms with Gasteiger partial charge in [0.1, 0.15) is 22.3 Å². The van der Waals surface area contributed by atoms with Crippen LogP contribution in [0, 0.1) is 0 Å². The van der Waals surface area contributed by atoms with Gasteiger partial charge < -0.3 is 13.7 Å². The van der Waals surface area contributed by atoms with Crippen molar-refractivity contribution in [1.82, 2.24) is 0 Å². The van der Waals surface area contributed by atoms with Gasteiger partial charge in [-0.3, -0.25) is 0 Å². The topological polar surface area (TPSA) is 29.5 Å². The second-order valence-electron chi connectivity index (χ2n) is 19.4. The number of fused-ring (bicyclic) bond motifs is 12. The molecule has 2 heterocycles. The van der Waals surface area contributed by atoms with E-state index in [2.05, 4.69) is 205 Å². The monoisotopic (exact) mass is 789 g/mol. The molecule has 12 rings (SSSR count). The molecule has 0 unspecified atom stereocenters. The molecule has 0 saturated carbocycles. The summed E-state index contributed by atoms with van der Waals surface area (Å²) in [5, 5.41) is 4.63. The first-order valence-corrected chi connectivity index (χ1v) is 21.6. The third-order valence-electron chi connectivity index (χ3n) is 14.0. The zero-order valence-electron chi connectivity index (χ0n) is 35.8. The molecule has 0 atom stereocenters. The van der Waals surface area contributed by atoms with E-state index in [0.717, 1.165) is 61.3 Å². The van der Waals surface area contributed by atoms with E-state index in [1.807, 2.05) is 6.07 Å². The van der Waals surface area contributed by atoms with Crippen molar-refractivity contribution in [3.8, 4) is 33.4 Å². The summed E-state index contributed by atoms with van der Waals surface area (Å²) in [5.41, 5.74) is 20.8. The molecule has 0 fully saturated rings. The zero-order valence-corrected chi connectivity index (χ0v) is 35.8. The van der Waals surface area contributed by atoms with Crippen LogP contribution in [-0.2, 0) is 16.2 Å². The highest BCUT2D eigenvalue weighted by Gasteiger charge is 2.38. The van der Waals surface area contributed by atoms with E-state index < -0.39 is 0 Å². The summed E-state index contributed by atoms with van der Waals surface area (Å²) in [4.78, 5) is 2.43. The smallest absolute Gasteiger partial charge is 0.143 e. The van der Waals surface area contributed by atoms with Crippen LogP contribution in [0.15, 0.2) is 167 Å². The number of rotatable bonds is 4. The number of para-hydroxylation sites is 2. The van der Waals surface area contributed by atoms with Crippen LogP contribution in [0.4, 0.5) is 17.1 Å². The molecule has 2 aliphatic carbocycles. The third-order valence-corrected chi connectivity index (χ3v) is 14.0. The van der Waals surface area contributed by atoms with Gasteiger partial charge >= 0.3 is 0 Å². The Bertz CT molecular complexity index is 3460. The standard InChI is InChI=1S/C58H47NO2/c1-56(2,3)35-21-26-43-47-32-51-46(33-54(47)60-53(43)29-35)45-30-37(25-28-49(45)58(51,6)7)59(38-24-27-41-40-13-8-10-17-48(40)57(4,5)50(41)31-38)36-22-19-34(20-23-36)39-15-12-16-44-42-14-9-11-18-52(42)61-55(39)44/h8-33H,1-7H3. The molecule has 0 amide bonds. The molecular formula is C58H47NO2. The largest absolute Gasteiger partial charge is 0.456 e. The summed E-state index contributed by atoms with van der Waals surface area (Å²) in [6, 6.07) is 58.2. The van der Waals surface area contributed by atoms with Gasteiger partial charge in [0.05, 0.1) is 0 Å². The molecule has 0 aliphatic heterocycles. The highest BCUT2D eigenvalue weighted by atomic mass is 16.3. The summed E-state index contributed by atoms with van der Waals surface area (Å²) in [5.74, 6) is 0. The third kappa shape index (κ3) is 5.16. The van der Waals surface area contributed by atoms with Gasteiger partial charge in [-0.2, -0.15) is 0 Å². The minimum absolute atomic E-state index is 0.0413. The van der Waals surface area contributed by atoms with Crippen molar-refractivity contribution in [1.29, 1.82) is 0 Å². The Morgan fingerprint density at radius 3 is 1.82 bits per heavy atom. The molecule has 0 radical (unpaired) electrons. The predicted molar refractivity (Wildman–Crippen MR) is 255 cm³/mol. The average molecular weight is 790 g/mol. The maximum absolute atomic E-state index is 6.68. The molecule has 10 aromatic rings. The Labute approximate surface area is 356 Å². The van der Waals surface area contributed by atoms with Crippen LogP contribution in [0.2, 0.25) is 0 Å². The van der Waals surface area contributed by atoms with Crippen LogP contribution in [0.3, 0.4) is 0 Å². The molecule has 296 valence electrons. The Hall–Kier alpha value is -6.84. The lowest BCUT2D eigenvalue weighted by atomic mass is 9.82. The highest BCUT2D eigenvalue weighted by Crippen LogP contribution is 2.54. The zero-order chi connectivity index (χ0) is 41.6. The van der Waals surface area contributed by atoms with Crippen LogP contribution in [0.5, 0.6) is 0 Å². The Morgan fingerprint density at radius 2 is 1.00 bits per heavy atom. The van der Waals surface area contributed by atoms with Crippen molar-refractivity contribution in [3.63, 3.8) is 0 Å². The molecule has 3 nitrogen and oxygen atoms in total. The predicted octanol–water partition coefficient (Wildman–Crippen LogP) is 16.5. The maximum atomic E-state index is 6.68. The van der Waals surface area contributed by atoms with Gasteiger partial charge in [0, 0.05) is 55.0 Å². The average Bonchev–Trinajstić information content (AvgIpc) is 3.95. The normalized spacial score (nSPS) is 14.7. The number of benzene rings is 8. The van der Waals surface area contributed by atoms with Gasteiger partial charge in [0.15, 0.2) is 0 Å². The quantitative estimate of drug-likeness (QED) is 0.178. The van der Waals surface area contributed by atoms with Gasteiger partial charge in [-0.1, -0.05) is 146 Å². The van der Waals surface area contributed by atoms with E-state index in [9.17, 15) is 0 Å². The lowest BCUT2D eigenvalue weighted by molar-refractivity contribution is 0.587. The summed E-state index contributed by atoms with van der Waals surface area (Å²) in [6.07, 6.45) is 0. The van der Waals surface area contributed by atoms with Gasteiger partial charge in [-0.25, -0.2) is 0 Å². The molecule has 0 bridgehead atoms. The molecule has 2 aliphatic rings. The fourth-order valence-electron chi connectivity index (χ4n) is 10.7. The molecule has 61 heavy (non-hydrogen) atoms. The van der Waals surface area contributed by atoms with Gasteiger partial charge in [-0.15, -0.1) is 0 Å². The lowest BCUT2D eigenvalue weighted by Gasteiger charge is -2.29. The molecular weight excluding hydrogens is 743 g/mol. The summed E-state index contributed by atoms with van der Waals surface area (Å²) >= 11 is 0. The molecule has 0 N–H and O–H groups in total. The van der Waals surface area contributed by atoms with E-state index in [0.29, 0.717) is 0 Å². The van der Waals surface area contributed by atoms with E-state index >= 15 is 0 Å². The first kappa shape index (κ1) is 36.0. The first-order valence-electron chi connectivity index (χ1n) is 21.6. The molecule has 0 spiro atoms. The molecule has 2 aromatic heterocycles. The minimum atomic E-state index is -0.181. The van der Waals surface area contributed by atoms with E-state index in [1.54, 1.807) is 0 Å². The van der Waals surface area contributed by atoms with Gasteiger partial charge in [-0.05, 0) is 122 Å². The van der Waals surface area contributed by atoms with Crippen LogP contribution in [0.25, 0.3) is 77.3 Å². The number of anilines is 3.